The van der Waals surface area contributed by atoms with Gasteiger partial charge in [0.05, 0.1) is 0 Å². The second-order valence-corrected chi connectivity index (χ2v) is 8.11. The number of carbonyl (C=O) groups excluding carboxylic acids is 3. The second-order valence-electron chi connectivity index (χ2n) is 7.71. The van der Waals surface area contributed by atoms with E-state index in [1.807, 2.05) is 0 Å². The van der Waals surface area contributed by atoms with Crippen molar-refractivity contribution in [3.05, 3.63) is 34.6 Å². The van der Waals surface area contributed by atoms with Crippen molar-refractivity contribution in [1.29, 1.82) is 0 Å². The van der Waals surface area contributed by atoms with Crippen molar-refractivity contribution in [2.45, 2.75) is 51.1 Å². The quantitative estimate of drug-likeness (QED) is 0.758. The molecule has 0 unspecified atom stereocenters. The van der Waals surface area contributed by atoms with Gasteiger partial charge in [0, 0.05) is 24.2 Å². The van der Waals surface area contributed by atoms with E-state index in [1.165, 1.54) is 24.1 Å². The lowest BCUT2D eigenvalue weighted by atomic mass is 9.75. The number of hydrogen-bond donors (Lipinski definition) is 1. The Kier molecular flexibility index (Phi) is 5.93. The largest absolute Gasteiger partial charge is 0.340 e. The van der Waals surface area contributed by atoms with Gasteiger partial charge < -0.3 is 10.2 Å². The molecule has 1 aliphatic carbocycles. The van der Waals surface area contributed by atoms with E-state index in [-0.39, 0.29) is 29.6 Å². The van der Waals surface area contributed by atoms with Crippen LogP contribution in [0, 0.1) is 11.7 Å². The minimum atomic E-state index is -0.879. The Morgan fingerprint density at radius 2 is 2.04 bits per heavy atom. The molecule has 1 aliphatic heterocycles. The van der Waals surface area contributed by atoms with Gasteiger partial charge in [-0.15, -0.1) is 0 Å². The molecule has 0 bridgehead atoms. The zero-order valence-electron chi connectivity index (χ0n) is 16.1. The molecule has 1 aromatic rings. The summed E-state index contributed by atoms with van der Waals surface area (Å²) in [5.41, 5.74) is -0.678. The van der Waals surface area contributed by atoms with Crippen molar-refractivity contribution in [1.82, 2.24) is 15.1 Å². The Hall–Kier alpha value is -2.15. The highest BCUT2D eigenvalue weighted by molar-refractivity contribution is 6.31. The number of rotatable bonds is 5. The van der Waals surface area contributed by atoms with Crippen molar-refractivity contribution >= 4 is 29.4 Å². The highest BCUT2D eigenvalue weighted by Gasteiger charge is 2.52. The van der Waals surface area contributed by atoms with E-state index in [9.17, 15) is 18.8 Å². The third-order valence-electron chi connectivity index (χ3n) is 5.96. The summed E-state index contributed by atoms with van der Waals surface area (Å²) in [6, 6.07) is 3.77. The van der Waals surface area contributed by atoms with Gasteiger partial charge in [0.2, 0.25) is 5.91 Å². The van der Waals surface area contributed by atoms with E-state index in [4.69, 9.17) is 11.6 Å². The van der Waals surface area contributed by atoms with E-state index in [1.54, 1.807) is 6.07 Å². The number of halogens is 2. The Morgan fingerprint density at radius 1 is 1.36 bits per heavy atom. The standard InChI is InChI=1S/C20H25ClFN3O3/c1-3-13-7-9-20(10-8-13)18(27)25(19(28)23-20)12-17(26)24(2)11-14-15(21)5-4-6-16(14)22/h4-6,13H,3,7-12H2,1-2H3,(H,23,28). The first-order valence-corrected chi connectivity index (χ1v) is 9.96. The topological polar surface area (TPSA) is 69.7 Å². The fraction of sp³-hybridized carbons (Fsp3) is 0.550. The molecular weight excluding hydrogens is 385 g/mol. The van der Waals surface area contributed by atoms with Crippen LogP contribution >= 0.6 is 11.6 Å². The van der Waals surface area contributed by atoms with Gasteiger partial charge >= 0.3 is 6.03 Å². The molecule has 0 atom stereocenters. The van der Waals surface area contributed by atoms with Gasteiger partial charge in [-0.2, -0.15) is 0 Å². The molecule has 1 saturated carbocycles. The van der Waals surface area contributed by atoms with Crippen LogP contribution in [0.1, 0.15) is 44.6 Å². The summed E-state index contributed by atoms with van der Waals surface area (Å²) in [6.07, 6.45) is 4.03. The maximum Gasteiger partial charge on any atom is 0.325 e. The number of carbonyl (C=O) groups is 3. The van der Waals surface area contributed by atoms with Crippen molar-refractivity contribution in [3.63, 3.8) is 0 Å². The molecule has 1 aromatic carbocycles. The van der Waals surface area contributed by atoms with E-state index < -0.39 is 23.3 Å². The first kappa shape index (κ1) is 20.6. The van der Waals surface area contributed by atoms with Crippen LogP contribution in [0.5, 0.6) is 0 Å². The van der Waals surface area contributed by atoms with Gasteiger partial charge in [-0.3, -0.25) is 14.5 Å². The molecule has 3 rings (SSSR count). The highest BCUT2D eigenvalue weighted by Crippen LogP contribution is 2.37. The second kappa shape index (κ2) is 8.07. The van der Waals surface area contributed by atoms with Crippen LogP contribution in [-0.4, -0.2) is 46.8 Å². The number of amides is 4. The minimum Gasteiger partial charge on any atom is -0.340 e. The molecule has 0 aromatic heterocycles. The number of nitrogens with zero attached hydrogens (tertiary/aromatic N) is 2. The zero-order valence-corrected chi connectivity index (χ0v) is 16.9. The normalized spacial score (nSPS) is 24.6. The van der Waals surface area contributed by atoms with Gasteiger partial charge in [-0.25, -0.2) is 9.18 Å². The van der Waals surface area contributed by atoms with Crippen LogP contribution in [0.4, 0.5) is 9.18 Å². The summed E-state index contributed by atoms with van der Waals surface area (Å²) in [5, 5.41) is 3.03. The third-order valence-corrected chi connectivity index (χ3v) is 6.31. The molecular formula is C20H25ClFN3O3. The van der Waals surface area contributed by atoms with Crippen LogP contribution in [0.3, 0.4) is 0 Å². The molecule has 28 heavy (non-hydrogen) atoms. The monoisotopic (exact) mass is 409 g/mol. The molecule has 4 amide bonds. The van der Waals surface area contributed by atoms with E-state index in [2.05, 4.69) is 12.2 Å². The Bertz CT molecular complexity index is 773. The van der Waals surface area contributed by atoms with Crippen molar-refractivity contribution < 1.29 is 18.8 Å². The van der Waals surface area contributed by atoms with Crippen LogP contribution in [0.2, 0.25) is 5.02 Å². The summed E-state index contributed by atoms with van der Waals surface area (Å²) in [4.78, 5) is 40.1. The molecule has 1 spiro atoms. The summed E-state index contributed by atoms with van der Waals surface area (Å²) in [5.74, 6) is -0.726. The predicted octanol–water partition coefficient (Wildman–Crippen LogP) is 3.33. The van der Waals surface area contributed by atoms with E-state index >= 15 is 0 Å². The SMILES string of the molecule is CCC1CCC2(CC1)NC(=O)N(CC(=O)N(C)Cc1c(F)cccc1Cl)C2=O. The van der Waals surface area contributed by atoms with Gasteiger partial charge in [0.1, 0.15) is 17.9 Å². The van der Waals surface area contributed by atoms with E-state index in [0.29, 0.717) is 18.8 Å². The molecule has 1 heterocycles. The number of hydrogen-bond acceptors (Lipinski definition) is 3. The molecule has 6 nitrogen and oxygen atoms in total. The van der Waals surface area contributed by atoms with Crippen molar-refractivity contribution in [3.8, 4) is 0 Å². The molecule has 1 N–H and O–H groups in total. The van der Waals surface area contributed by atoms with Crippen LogP contribution < -0.4 is 5.32 Å². The van der Waals surface area contributed by atoms with Gasteiger partial charge in [-0.1, -0.05) is 31.0 Å². The predicted molar refractivity (Wildman–Crippen MR) is 103 cm³/mol. The van der Waals surface area contributed by atoms with Gasteiger partial charge in [-0.05, 0) is 43.7 Å². The maximum atomic E-state index is 14.0. The Balaban J connectivity index is 1.65. The number of benzene rings is 1. The molecule has 152 valence electrons. The lowest BCUT2D eigenvalue weighted by molar-refractivity contribution is -0.139. The molecule has 2 fully saturated rings. The average molecular weight is 410 g/mol. The fourth-order valence-electron chi connectivity index (χ4n) is 4.00. The summed E-state index contributed by atoms with van der Waals surface area (Å²) < 4.78 is 14.0. The summed E-state index contributed by atoms with van der Waals surface area (Å²) >= 11 is 6.01. The first-order chi connectivity index (χ1) is 13.3. The molecule has 2 aliphatic rings. The smallest absolute Gasteiger partial charge is 0.325 e. The molecule has 0 radical (unpaired) electrons. The highest BCUT2D eigenvalue weighted by atomic mass is 35.5. The molecule has 1 saturated heterocycles. The van der Waals surface area contributed by atoms with Gasteiger partial charge in [0.15, 0.2) is 0 Å². The molecule has 8 heteroatoms. The van der Waals surface area contributed by atoms with Crippen LogP contribution in [-0.2, 0) is 16.1 Å². The maximum absolute atomic E-state index is 14.0. The lowest BCUT2D eigenvalue weighted by Gasteiger charge is -2.34. The van der Waals surface area contributed by atoms with E-state index in [0.717, 1.165) is 24.2 Å². The Morgan fingerprint density at radius 3 is 2.64 bits per heavy atom. The zero-order chi connectivity index (χ0) is 20.5. The summed E-state index contributed by atoms with van der Waals surface area (Å²) in [6.45, 7) is 1.71. The lowest BCUT2D eigenvalue weighted by Crippen LogP contribution is -2.50. The average Bonchev–Trinajstić information content (AvgIpc) is 2.89. The fourth-order valence-corrected chi connectivity index (χ4v) is 4.22. The van der Waals surface area contributed by atoms with Crippen molar-refractivity contribution in [2.24, 2.45) is 5.92 Å². The number of imide groups is 1. The number of likely N-dealkylation sites (N-methyl/N-ethyl adjacent to an activating group) is 1. The number of urea groups is 1. The Labute approximate surface area is 169 Å². The first-order valence-electron chi connectivity index (χ1n) is 9.58. The van der Waals surface area contributed by atoms with Crippen molar-refractivity contribution in [2.75, 3.05) is 13.6 Å². The minimum absolute atomic E-state index is 0.0443. The van der Waals surface area contributed by atoms with Gasteiger partial charge in [0.25, 0.3) is 5.91 Å². The van der Waals surface area contributed by atoms with Crippen LogP contribution in [0.25, 0.3) is 0 Å². The number of nitrogens with one attached hydrogen (secondary N) is 1. The third kappa shape index (κ3) is 3.85. The summed E-state index contributed by atoms with van der Waals surface area (Å²) in [7, 11) is 1.49. The van der Waals surface area contributed by atoms with Crippen LogP contribution in [0.15, 0.2) is 18.2 Å².